The summed E-state index contributed by atoms with van der Waals surface area (Å²) in [7, 11) is 1.52. The van der Waals surface area contributed by atoms with E-state index in [1.165, 1.54) is 26.2 Å². The first kappa shape index (κ1) is 30.2. The molecule has 2 aromatic carbocycles. The second-order valence-corrected chi connectivity index (χ2v) is 10.2. The number of methoxy groups -OCH3 is 1. The van der Waals surface area contributed by atoms with E-state index in [2.05, 4.69) is 0 Å². The highest BCUT2D eigenvalue weighted by molar-refractivity contribution is 5.86. The number of aliphatic hydroxyl groups is 6. The molecule has 2 aliphatic heterocycles. The average molecular weight is 593 g/mol. The molecule has 228 valence electrons. The molecule has 7 N–H and O–H groups in total. The lowest BCUT2D eigenvalue weighted by Crippen LogP contribution is -2.61. The van der Waals surface area contributed by atoms with Crippen LogP contribution in [0.4, 0.5) is 0 Å². The van der Waals surface area contributed by atoms with Gasteiger partial charge in [-0.25, -0.2) is 0 Å². The van der Waals surface area contributed by atoms with Crippen molar-refractivity contribution < 1.29 is 63.8 Å². The topological polar surface area (TPSA) is 218 Å². The lowest BCUT2D eigenvalue weighted by Gasteiger charge is -2.42. The molecule has 0 spiro atoms. The number of benzene rings is 2. The summed E-state index contributed by atoms with van der Waals surface area (Å²) < 4.78 is 33.2. The Bertz CT molecular complexity index is 1440. The molecule has 0 amide bonds. The van der Waals surface area contributed by atoms with Crippen molar-refractivity contribution in [1.82, 2.24) is 0 Å². The van der Waals surface area contributed by atoms with E-state index in [0.29, 0.717) is 11.3 Å². The number of aromatic hydroxyl groups is 1. The highest BCUT2D eigenvalue weighted by Gasteiger charge is 2.47. The van der Waals surface area contributed by atoms with Gasteiger partial charge in [-0.1, -0.05) is 0 Å². The number of hydrogen-bond acceptors (Lipinski definition) is 14. The van der Waals surface area contributed by atoms with E-state index in [0.717, 1.165) is 6.07 Å². The van der Waals surface area contributed by atoms with Crippen LogP contribution >= 0.6 is 0 Å². The molecule has 2 fully saturated rings. The summed E-state index contributed by atoms with van der Waals surface area (Å²) in [5.41, 5.74) is 0.0115. The number of ether oxygens (including phenoxy) is 5. The smallest absolute Gasteiger partial charge is 0.229 e. The fourth-order valence-corrected chi connectivity index (χ4v) is 4.84. The van der Waals surface area contributed by atoms with Gasteiger partial charge in [-0.05, 0) is 31.2 Å². The van der Waals surface area contributed by atoms with Gasteiger partial charge in [0.05, 0.1) is 19.8 Å². The van der Waals surface area contributed by atoms with E-state index in [1.807, 2.05) is 0 Å². The zero-order valence-electron chi connectivity index (χ0n) is 22.5. The lowest BCUT2D eigenvalue weighted by atomic mass is 9.98. The Kier molecular flexibility index (Phi) is 8.71. The van der Waals surface area contributed by atoms with Gasteiger partial charge in [-0.15, -0.1) is 0 Å². The maximum absolute atomic E-state index is 12.8. The molecular weight excluding hydrogens is 560 g/mol. The zero-order chi connectivity index (χ0) is 30.3. The fraction of sp³-hybridized carbons (Fsp3) is 0.464. The summed E-state index contributed by atoms with van der Waals surface area (Å²) >= 11 is 0. The zero-order valence-corrected chi connectivity index (χ0v) is 22.5. The minimum Gasteiger partial charge on any atom is -0.507 e. The standard InChI is InChI=1S/C28H32O14/c1-11-21(31)23(33)25(35)27(39-11)38-10-19-22(32)24(34)26(36)28(42-19)40-14-7-15(29)20-16(30)9-17(41-18(20)8-14)12-3-5-13(37-2)6-4-12/h3-9,11,19,21-29,31-36H,10H2,1-2H3/t11-,19-,21+,22+,23+,24+,25+,26+,27-,28-/m1/s1. The van der Waals surface area contributed by atoms with Crippen LogP contribution in [0.3, 0.4) is 0 Å². The molecule has 3 aromatic rings. The van der Waals surface area contributed by atoms with Gasteiger partial charge < -0.3 is 63.8 Å². The van der Waals surface area contributed by atoms with Crippen LogP contribution in [-0.4, -0.2) is 111 Å². The molecule has 42 heavy (non-hydrogen) atoms. The van der Waals surface area contributed by atoms with Crippen molar-refractivity contribution >= 4 is 11.0 Å². The van der Waals surface area contributed by atoms with Gasteiger partial charge >= 0.3 is 0 Å². The predicted octanol–water partition coefficient (Wildman–Crippen LogP) is -0.795. The monoisotopic (exact) mass is 592 g/mol. The van der Waals surface area contributed by atoms with Gasteiger partial charge in [-0.3, -0.25) is 4.79 Å². The molecule has 14 nitrogen and oxygen atoms in total. The molecule has 1 aromatic heterocycles. The highest BCUT2D eigenvalue weighted by atomic mass is 16.7. The van der Waals surface area contributed by atoms with Crippen LogP contribution in [-0.2, 0) is 14.2 Å². The summed E-state index contributed by atoms with van der Waals surface area (Å²) in [5.74, 6) is 0.238. The first-order valence-corrected chi connectivity index (χ1v) is 13.1. The number of rotatable bonds is 7. The molecule has 3 heterocycles. The summed E-state index contributed by atoms with van der Waals surface area (Å²) in [5, 5.41) is 71.9. The first-order valence-electron chi connectivity index (χ1n) is 13.1. The van der Waals surface area contributed by atoms with Crippen LogP contribution in [0.15, 0.2) is 51.7 Å². The van der Waals surface area contributed by atoms with E-state index in [1.54, 1.807) is 24.3 Å². The number of phenols is 1. The molecule has 14 heteroatoms. The largest absolute Gasteiger partial charge is 0.507 e. The molecule has 5 rings (SSSR count). The molecule has 0 unspecified atom stereocenters. The SMILES string of the molecule is COc1ccc(-c2cc(=O)c3c(O)cc(O[C@@H]4O[C@H](CO[C@@H]5O[C@H](C)[C@H](O)[C@H](O)[C@@H]5O)[C@H](O)[C@H](O)[C@@H]4O)cc3o2)cc1. The van der Waals surface area contributed by atoms with Gasteiger partial charge in [0.1, 0.15) is 76.7 Å². The van der Waals surface area contributed by atoms with Gasteiger partial charge in [-0.2, -0.15) is 0 Å². The van der Waals surface area contributed by atoms with Gasteiger partial charge in [0.2, 0.25) is 6.29 Å². The van der Waals surface area contributed by atoms with E-state index in [9.17, 15) is 40.5 Å². The Morgan fingerprint density at radius 1 is 0.786 bits per heavy atom. The average Bonchev–Trinajstić information content (AvgIpc) is 2.97. The van der Waals surface area contributed by atoms with E-state index in [-0.39, 0.29) is 22.5 Å². The van der Waals surface area contributed by atoms with Crippen molar-refractivity contribution in [1.29, 1.82) is 0 Å². The summed E-state index contributed by atoms with van der Waals surface area (Å²) in [6.07, 6.45) is -14.8. The van der Waals surface area contributed by atoms with E-state index >= 15 is 0 Å². The molecule has 0 bridgehead atoms. The molecule has 0 aliphatic carbocycles. The molecule has 0 saturated carbocycles. The van der Waals surface area contributed by atoms with Crippen LogP contribution in [0.25, 0.3) is 22.3 Å². The number of hydrogen-bond donors (Lipinski definition) is 7. The van der Waals surface area contributed by atoms with Crippen LogP contribution < -0.4 is 14.9 Å². The van der Waals surface area contributed by atoms with E-state index < -0.39 is 79.2 Å². The normalized spacial score (nSPS) is 33.4. The minimum atomic E-state index is -1.76. The molecule has 2 saturated heterocycles. The molecule has 0 radical (unpaired) electrons. The summed E-state index contributed by atoms with van der Waals surface area (Å²) in [6.45, 7) is 0.984. The maximum atomic E-state index is 12.8. The fourth-order valence-electron chi connectivity index (χ4n) is 4.84. The summed E-state index contributed by atoms with van der Waals surface area (Å²) in [6, 6.07) is 10.4. The van der Waals surface area contributed by atoms with Crippen molar-refractivity contribution in [2.45, 2.75) is 68.3 Å². The second kappa shape index (κ2) is 12.1. The third-order valence-corrected chi connectivity index (χ3v) is 7.31. The van der Waals surface area contributed by atoms with Crippen LogP contribution in [0, 0.1) is 0 Å². The third kappa shape index (κ3) is 5.81. The maximum Gasteiger partial charge on any atom is 0.229 e. The molecule has 2 aliphatic rings. The number of phenolic OH excluding ortho intramolecular Hbond substituents is 1. The summed E-state index contributed by atoms with van der Waals surface area (Å²) in [4.78, 5) is 12.8. The predicted molar refractivity (Wildman–Crippen MR) is 142 cm³/mol. The Labute approximate surface area is 238 Å². The first-order chi connectivity index (χ1) is 20.0. The quantitative estimate of drug-likeness (QED) is 0.179. The van der Waals surface area contributed by atoms with Crippen LogP contribution in [0.5, 0.6) is 17.2 Å². The van der Waals surface area contributed by atoms with Crippen molar-refractivity contribution in [3.05, 3.63) is 52.7 Å². The minimum absolute atomic E-state index is 0.0348. The molecular formula is C28H32O14. The number of fused-ring (bicyclic) bond motifs is 1. The second-order valence-electron chi connectivity index (χ2n) is 10.2. The van der Waals surface area contributed by atoms with Crippen molar-refractivity contribution in [2.24, 2.45) is 0 Å². The Hall–Kier alpha value is -3.31. The highest BCUT2D eigenvalue weighted by Crippen LogP contribution is 2.34. The van der Waals surface area contributed by atoms with Crippen molar-refractivity contribution in [3.63, 3.8) is 0 Å². The van der Waals surface area contributed by atoms with Gasteiger partial charge in [0.15, 0.2) is 11.7 Å². The molecule has 10 atom stereocenters. The van der Waals surface area contributed by atoms with Gasteiger partial charge in [0.25, 0.3) is 0 Å². The Morgan fingerprint density at radius 3 is 2.14 bits per heavy atom. The van der Waals surface area contributed by atoms with E-state index in [4.69, 9.17) is 28.1 Å². The van der Waals surface area contributed by atoms with Crippen molar-refractivity contribution in [3.8, 4) is 28.6 Å². The van der Waals surface area contributed by atoms with Crippen LogP contribution in [0.2, 0.25) is 0 Å². The third-order valence-electron chi connectivity index (χ3n) is 7.31. The Balaban J connectivity index is 1.35. The van der Waals surface area contributed by atoms with Crippen LogP contribution in [0.1, 0.15) is 6.92 Å². The Morgan fingerprint density at radius 2 is 1.45 bits per heavy atom. The lowest BCUT2D eigenvalue weighted by molar-refractivity contribution is -0.318. The van der Waals surface area contributed by atoms with Gasteiger partial charge in [0, 0.05) is 23.8 Å². The van der Waals surface area contributed by atoms with Crippen molar-refractivity contribution in [2.75, 3.05) is 13.7 Å². The number of aliphatic hydroxyl groups excluding tert-OH is 6.